The van der Waals surface area contributed by atoms with E-state index in [1.165, 1.54) is 0 Å². The van der Waals surface area contributed by atoms with Gasteiger partial charge in [0.2, 0.25) is 5.91 Å². The van der Waals surface area contributed by atoms with Crippen molar-refractivity contribution in [3.63, 3.8) is 0 Å². The van der Waals surface area contributed by atoms with E-state index in [1.54, 1.807) is 31.0 Å². The Balaban J connectivity index is 2.31. The molecular weight excluding hydrogens is 218 g/mol. The van der Waals surface area contributed by atoms with Gasteiger partial charge in [-0.2, -0.15) is 0 Å². The van der Waals surface area contributed by atoms with Crippen LogP contribution in [0.2, 0.25) is 0 Å². The first-order valence-electron chi connectivity index (χ1n) is 5.17. The number of carbonyl (C=O) groups excluding carboxylic acids is 1. The van der Waals surface area contributed by atoms with Gasteiger partial charge in [-0.1, -0.05) is 0 Å². The van der Waals surface area contributed by atoms with Crippen molar-refractivity contribution >= 4 is 11.6 Å². The maximum atomic E-state index is 10.8. The Hall–Kier alpha value is -2.37. The SMILES string of the molecule is NC(=O)CCn1cncc1-c1cnccc1N. The maximum Gasteiger partial charge on any atom is 0.219 e. The first-order valence-corrected chi connectivity index (χ1v) is 5.17. The number of primary amides is 1. The maximum absolute atomic E-state index is 10.8. The van der Waals surface area contributed by atoms with Crippen molar-refractivity contribution in [2.45, 2.75) is 13.0 Å². The molecular formula is C11H13N5O. The van der Waals surface area contributed by atoms with Gasteiger partial charge in [0.1, 0.15) is 0 Å². The van der Waals surface area contributed by atoms with Gasteiger partial charge < -0.3 is 16.0 Å². The third-order valence-corrected chi connectivity index (χ3v) is 2.44. The van der Waals surface area contributed by atoms with Crippen LogP contribution in [0, 0.1) is 0 Å². The highest BCUT2D eigenvalue weighted by Gasteiger charge is 2.08. The summed E-state index contributed by atoms with van der Waals surface area (Å²) in [5.74, 6) is -0.344. The molecule has 6 nitrogen and oxygen atoms in total. The summed E-state index contributed by atoms with van der Waals surface area (Å²) in [5, 5.41) is 0. The van der Waals surface area contributed by atoms with E-state index < -0.39 is 0 Å². The molecule has 1 amide bonds. The van der Waals surface area contributed by atoms with Gasteiger partial charge >= 0.3 is 0 Å². The molecule has 0 aliphatic carbocycles. The fourth-order valence-electron chi connectivity index (χ4n) is 1.57. The summed E-state index contributed by atoms with van der Waals surface area (Å²) in [7, 11) is 0. The summed E-state index contributed by atoms with van der Waals surface area (Å²) in [5.41, 5.74) is 13.2. The molecule has 17 heavy (non-hydrogen) atoms. The monoisotopic (exact) mass is 231 g/mol. The summed E-state index contributed by atoms with van der Waals surface area (Å²) in [4.78, 5) is 18.8. The topological polar surface area (TPSA) is 99.8 Å². The van der Waals surface area contributed by atoms with Gasteiger partial charge in [-0.05, 0) is 6.07 Å². The first-order chi connectivity index (χ1) is 8.18. The fraction of sp³-hybridized carbons (Fsp3) is 0.182. The number of amides is 1. The van der Waals surface area contributed by atoms with Crippen LogP contribution in [-0.2, 0) is 11.3 Å². The van der Waals surface area contributed by atoms with Gasteiger partial charge in [0.25, 0.3) is 0 Å². The lowest BCUT2D eigenvalue weighted by molar-refractivity contribution is -0.118. The minimum absolute atomic E-state index is 0.267. The predicted octanol–water partition coefficient (Wildman–Crippen LogP) is 0.403. The number of aromatic nitrogens is 3. The molecule has 4 N–H and O–H groups in total. The van der Waals surface area contributed by atoms with Gasteiger partial charge in [0.15, 0.2) is 0 Å². The number of nitrogens with two attached hydrogens (primary N) is 2. The summed E-state index contributed by atoms with van der Waals surface area (Å²) >= 11 is 0. The van der Waals surface area contributed by atoms with Crippen molar-refractivity contribution in [2.24, 2.45) is 5.73 Å². The Morgan fingerprint density at radius 3 is 2.88 bits per heavy atom. The molecule has 2 heterocycles. The molecule has 0 saturated heterocycles. The molecule has 88 valence electrons. The number of hydrogen-bond acceptors (Lipinski definition) is 4. The van der Waals surface area contributed by atoms with Crippen LogP contribution in [-0.4, -0.2) is 20.4 Å². The van der Waals surface area contributed by atoms with Crippen LogP contribution >= 0.6 is 0 Å². The number of pyridine rings is 1. The average molecular weight is 231 g/mol. The minimum Gasteiger partial charge on any atom is -0.398 e. The number of anilines is 1. The number of hydrogen-bond donors (Lipinski definition) is 2. The Morgan fingerprint density at radius 2 is 2.18 bits per heavy atom. The lowest BCUT2D eigenvalue weighted by atomic mass is 10.2. The van der Waals surface area contributed by atoms with Crippen LogP contribution in [0.1, 0.15) is 6.42 Å². The third kappa shape index (κ3) is 2.41. The summed E-state index contributed by atoms with van der Waals surface area (Å²) < 4.78 is 1.83. The van der Waals surface area contributed by atoms with Crippen LogP contribution in [0.4, 0.5) is 5.69 Å². The quantitative estimate of drug-likeness (QED) is 0.795. The second-order valence-electron chi connectivity index (χ2n) is 3.65. The molecule has 0 unspecified atom stereocenters. The number of rotatable bonds is 4. The molecule has 2 aromatic heterocycles. The van der Waals surface area contributed by atoms with Gasteiger partial charge in [-0.3, -0.25) is 9.78 Å². The van der Waals surface area contributed by atoms with E-state index in [9.17, 15) is 4.79 Å². The highest BCUT2D eigenvalue weighted by Crippen LogP contribution is 2.24. The Bertz CT molecular complexity index is 534. The van der Waals surface area contributed by atoms with Crippen molar-refractivity contribution in [2.75, 3.05) is 5.73 Å². The molecule has 0 aliphatic heterocycles. The molecule has 0 radical (unpaired) electrons. The molecule has 2 rings (SSSR count). The largest absolute Gasteiger partial charge is 0.398 e. The van der Waals surface area contributed by atoms with E-state index >= 15 is 0 Å². The molecule has 0 spiro atoms. The van der Waals surface area contributed by atoms with Crippen molar-refractivity contribution in [3.05, 3.63) is 31.0 Å². The molecule has 0 aromatic carbocycles. The minimum atomic E-state index is -0.344. The standard InChI is InChI=1S/C11H13N5O/c12-9-1-3-14-5-8(9)10-6-15-7-16(10)4-2-11(13)17/h1,3,5-7H,2,4H2,(H2,12,14)(H2,13,17). The molecule has 0 aliphatic rings. The van der Waals surface area contributed by atoms with Crippen LogP contribution in [0.5, 0.6) is 0 Å². The average Bonchev–Trinajstić information content (AvgIpc) is 2.75. The molecule has 6 heteroatoms. The van der Waals surface area contributed by atoms with Crippen molar-refractivity contribution in [1.82, 2.24) is 14.5 Å². The summed E-state index contributed by atoms with van der Waals surface area (Å²) in [6.45, 7) is 0.485. The number of imidazole rings is 1. The Morgan fingerprint density at radius 1 is 1.35 bits per heavy atom. The first kappa shape index (κ1) is 11.1. The summed E-state index contributed by atoms with van der Waals surface area (Å²) in [6, 6.07) is 1.72. The van der Waals surface area contributed by atoms with Crippen LogP contribution in [0.15, 0.2) is 31.0 Å². The van der Waals surface area contributed by atoms with E-state index in [-0.39, 0.29) is 12.3 Å². The lowest BCUT2D eigenvalue weighted by Crippen LogP contribution is -2.14. The van der Waals surface area contributed by atoms with E-state index in [0.29, 0.717) is 12.2 Å². The van der Waals surface area contributed by atoms with Gasteiger partial charge in [-0.25, -0.2) is 4.98 Å². The molecule has 2 aromatic rings. The Kier molecular flexibility index (Phi) is 3.04. The zero-order valence-corrected chi connectivity index (χ0v) is 9.21. The third-order valence-electron chi connectivity index (χ3n) is 2.44. The van der Waals surface area contributed by atoms with E-state index in [0.717, 1.165) is 11.3 Å². The van der Waals surface area contributed by atoms with Gasteiger partial charge in [-0.15, -0.1) is 0 Å². The van der Waals surface area contributed by atoms with E-state index in [1.807, 2.05) is 4.57 Å². The predicted molar refractivity (Wildman–Crippen MR) is 63.7 cm³/mol. The van der Waals surface area contributed by atoms with Gasteiger partial charge in [0, 0.05) is 36.6 Å². The number of aryl methyl sites for hydroxylation is 1. The zero-order valence-electron chi connectivity index (χ0n) is 9.21. The highest BCUT2D eigenvalue weighted by molar-refractivity contribution is 5.74. The van der Waals surface area contributed by atoms with Crippen LogP contribution in [0.3, 0.4) is 0 Å². The Labute approximate surface area is 98.3 Å². The molecule has 0 fully saturated rings. The van der Waals surface area contributed by atoms with Crippen LogP contribution in [0.25, 0.3) is 11.3 Å². The molecule has 0 atom stereocenters. The second kappa shape index (κ2) is 4.65. The highest BCUT2D eigenvalue weighted by atomic mass is 16.1. The fourth-order valence-corrected chi connectivity index (χ4v) is 1.57. The normalized spacial score (nSPS) is 10.4. The van der Waals surface area contributed by atoms with E-state index in [2.05, 4.69) is 9.97 Å². The van der Waals surface area contributed by atoms with Crippen molar-refractivity contribution in [1.29, 1.82) is 0 Å². The van der Waals surface area contributed by atoms with E-state index in [4.69, 9.17) is 11.5 Å². The second-order valence-corrected chi connectivity index (χ2v) is 3.65. The number of nitrogens with zero attached hydrogens (tertiary/aromatic N) is 3. The van der Waals surface area contributed by atoms with Crippen molar-refractivity contribution < 1.29 is 4.79 Å². The molecule has 0 bridgehead atoms. The lowest BCUT2D eigenvalue weighted by Gasteiger charge is -2.08. The number of nitrogen functional groups attached to an aromatic ring is 1. The summed E-state index contributed by atoms with van der Waals surface area (Å²) in [6.07, 6.45) is 6.90. The smallest absolute Gasteiger partial charge is 0.219 e. The van der Waals surface area contributed by atoms with Crippen molar-refractivity contribution in [3.8, 4) is 11.3 Å². The molecule has 0 saturated carbocycles. The van der Waals surface area contributed by atoms with Crippen LogP contribution < -0.4 is 11.5 Å². The number of carbonyl (C=O) groups is 1. The van der Waals surface area contributed by atoms with Gasteiger partial charge in [0.05, 0.1) is 18.2 Å². The zero-order chi connectivity index (χ0) is 12.3.